The molecule has 0 saturated carbocycles. The van der Waals surface area contributed by atoms with Crippen LogP contribution in [0.5, 0.6) is 0 Å². The van der Waals surface area contributed by atoms with E-state index in [0.717, 1.165) is 70.6 Å². The van der Waals surface area contributed by atoms with Crippen LogP contribution in [0, 0.1) is 0 Å². The van der Waals surface area contributed by atoms with Crippen molar-refractivity contribution in [2.75, 3.05) is 0 Å². The van der Waals surface area contributed by atoms with Crippen molar-refractivity contribution in [3.8, 4) is 0 Å². The molecular weight excluding hydrogens is 336 g/mol. The highest BCUT2D eigenvalue weighted by molar-refractivity contribution is 5.89. The van der Waals surface area contributed by atoms with Crippen molar-refractivity contribution >= 4 is 17.3 Å². The van der Waals surface area contributed by atoms with Gasteiger partial charge < -0.3 is 4.79 Å². The topological polar surface area (TPSA) is 51.2 Å². The van der Waals surface area contributed by atoms with Crippen LogP contribution in [0.3, 0.4) is 0 Å². The minimum absolute atomic E-state index is 0.246. The molecule has 0 spiro atoms. The highest BCUT2D eigenvalue weighted by Gasteiger charge is 2.00. The van der Waals surface area contributed by atoms with Gasteiger partial charge in [-0.3, -0.25) is 9.59 Å². The Morgan fingerprint density at radius 1 is 0.630 bits per heavy atom. The molecule has 3 heteroatoms. The van der Waals surface area contributed by atoms with Crippen molar-refractivity contribution in [2.24, 2.45) is 0 Å². The Labute approximate surface area is 167 Å². The third-order valence-corrected chi connectivity index (χ3v) is 4.86. The van der Waals surface area contributed by atoms with E-state index in [1.165, 1.54) is 25.7 Å². The van der Waals surface area contributed by atoms with Crippen LogP contribution >= 0.6 is 0 Å². The average molecular weight is 379 g/mol. The molecule has 0 saturated heterocycles. The summed E-state index contributed by atoms with van der Waals surface area (Å²) in [6.45, 7) is 3.70. The summed E-state index contributed by atoms with van der Waals surface area (Å²) in [6.07, 6.45) is 20.9. The van der Waals surface area contributed by atoms with Gasteiger partial charge in [-0.25, -0.2) is 0 Å². The minimum atomic E-state index is 0.246. The molecule has 0 aliphatic heterocycles. The van der Waals surface area contributed by atoms with E-state index in [2.05, 4.69) is 6.92 Å². The predicted octanol–water partition coefficient (Wildman–Crippen LogP) is 6.92. The van der Waals surface area contributed by atoms with E-state index < -0.39 is 0 Å². The molecule has 156 valence electrons. The second-order valence-electron chi connectivity index (χ2n) is 7.79. The third kappa shape index (κ3) is 20.9. The molecule has 0 aromatic rings. The molecule has 3 nitrogen and oxygen atoms in total. The number of carbonyl (C=O) groups excluding carboxylic acids is 3. The van der Waals surface area contributed by atoms with E-state index in [9.17, 15) is 14.4 Å². The molecule has 0 amide bonds. The Morgan fingerprint density at radius 2 is 1.15 bits per heavy atom. The van der Waals surface area contributed by atoms with E-state index >= 15 is 0 Å². The first-order chi connectivity index (χ1) is 13.1. The van der Waals surface area contributed by atoms with Crippen molar-refractivity contribution in [3.63, 3.8) is 0 Å². The van der Waals surface area contributed by atoms with Crippen LogP contribution in [-0.2, 0) is 14.4 Å². The lowest BCUT2D eigenvalue weighted by atomic mass is 10.0. The van der Waals surface area contributed by atoms with Crippen LogP contribution in [0.1, 0.15) is 123 Å². The fourth-order valence-corrected chi connectivity index (χ4v) is 3.20. The molecule has 0 aromatic carbocycles. The molecule has 0 fully saturated rings. The normalized spacial score (nSPS) is 11.2. The fourth-order valence-electron chi connectivity index (χ4n) is 3.20. The van der Waals surface area contributed by atoms with Gasteiger partial charge >= 0.3 is 0 Å². The van der Waals surface area contributed by atoms with Gasteiger partial charge in [-0.05, 0) is 51.5 Å². The first-order valence-corrected chi connectivity index (χ1v) is 11.3. The van der Waals surface area contributed by atoms with Crippen LogP contribution in [0.15, 0.2) is 12.2 Å². The molecule has 0 N–H and O–H groups in total. The highest BCUT2D eigenvalue weighted by atomic mass is 16.1. The van der Waals surface area contributed by atoms with Crippen molar-refractivity contribution in [1.82, 2.24) is 0 Å². The quantitative estimate of drug-likeness (QED) is 0.171. The maximum atomic E-state index is 11.8. The lowest BCUT2D eigenvalue weighted by molar-refractivity contribution is -0.119. The van der Waals surface area contributed by atoms with Gasteiger partial charge in [-0.1, -0.05) is 57.9 Å². The molecule has 27 heavy (non-hydrogen) atoms. The van der Waals surface area contributed by atoms with Crippen LogP contribution < -0.4 is 0 Å². The van der Waals surface area contributed by atoms with Crippen LogP contribution in [0.4, 0.5) is 0 Å². The summed E-state index contributed by atoms with van der Waals surface area (Å²) in [5.74, 6) is 0.935. The summed E-state index contributed by atoms with van der Waals surface area (Å²) in [7, 11) is 0. The molecule has 0 rings (SSSR count). The van der Waals surface area contributed by atoms with Crippen molar-refractivity contribution in [3.05, 3.63) is 12.2 Å². The van der Waals surface area contributed by atoms with E-state index in [1.54, 1.807) is 13.0 Å². The second-order valence-corrected chi connectivity index (χ2v) is 7.79. The monoisotopic (exact) mass is 378 g/mol. The molecule has 0 aromatic heterocycles. The van der Waals surface area contributed by atoms with Gasteiger partial charge in [-0.2, -0.15) is 0 Å². The number of carbonyl (C=O) groups is 3. The fraction of sp³-hybridized carbons (Fsp3) is 0.792. The summed E-state index contributed by atoms with van der Waals surface area (Å²) < 4.78 is 0. The van der Waals surface area contributed by atoms with Crippen LogP contribution in [0.25, 0.3) is 0 Å². The zero-order valence-corrected chi connectivity index (χ0v) is 17.9. The van der Waals surface area contributed by atoms with Crippen LogP contribution in [-0.4, -0.2) is 17.3 Å². The Kier molecular flexibility index (Phi) is 18.6. The van der Waals surface area contributed by atoms with E-state index in [4.69, 9.17) is 0 Å². The first kappa shape index (κ1) is 25.8. The lowest BCUT2D eigenvalue weighted by Crippen LogP contribution is -1.96. The van der Waals surface area contributed by atoms with Gasteiger partial charge in [0.1, 0.15) is 11.6 Å². The van der Waals surface area contributed by atoms with Crippen molar-refractivity contribution in [1.29, 1.82) is 0 Å². The maximum Gasteiger partial charge on any atom is 0.155 e. The molecular formula is C24H42O3. The number of rotatable bonds is 20. The summed E-state index contributed by atoms with van der Waals surface area (Å²) in [5, 5.41) is 0. The second kappa shape index (κ2) is 19.5. The number of hydrogen-bond donors (Lipinski definition) is 0. The third-order valence-electron chi connectivity index (χ3n) is 4.86. The summed E-state index contributed by atoms with van der Waals surface area (Å²) >= 11 is 0. The summed E-state index contributed by atoms with van der Waals surface area (Å²) in [4.78, 5) is 34.0. The van der Waals surface area contributed by atoms with Crippen molar-refractivity contribution < 1.29 is 14.4 Å². The van der Waals surface area contributed by atoms with Crippen molar-refractivity contribution in [2.45, 2.75) is 123 Å². The van der Waals surface area contributed by atoms with Gasteiger partial charge in [-0.15, -0.1) is 0 Å². The van der Waals surface area contributed by atoms with Gasteiger partial charge in [0.25, 0.3) is 0 Å². The molecule has 0 aliphatic rings. The van der Waals surface area contributed by atoms with E-state index in [0.29, 0.717) is 18.6 Å². The molecule has 0 unspecified atom stereocenters. The maximum absolute atomic E-state index is 11.8. The Balaban J connectivity index is 3.34. The van der Waals surface area contributed by atoms with Gasteiger partial charge in [0.15, 0.2) is 5.78 Å². The Bertz CT molecular complexity index is 423. The van der Waals surface area contributed by atoms with E-state index in [-0.39, 0.29) is 11.6 Å². The average Bonchev–Trinajstić information content (AvgIpc) is 2.62. The number of ketones is 3. The lowest BCUT2D eigenvalue weighted by Gasteiger charge is -2.01. The van der Waals surface area contributed by atoms with E-state index in [1.807, 2.05) is 6.08 Å². The minimum Gasteiger partial charge on any atom is -0.300 e. The zero-order valence-electron chi connectivity index (χ0n) is 17.9. The number of unbranched alkanes of at least 4 members (excludes halogenated alkanes) is 10. The Hall–Kier alpha value is -1.25. The molecule has 0 bridgehead atoms. The van der Waals surface area contributed by atoms with Gasteiger partial charge in [0, 0.05) is 25.7 Å². The number of hydrogen-bond acceptors (Lipinski definition) is 3. The summed E-state index contributed by atoms with van der Waals surface area (Å²) in [5.41, 5.74) is 0. The molecule has 0 heterocycles. The Morgan fingerprint density at radius 3 is 1.74 bits per heavy atom. The van der Waals surface area contributed by atoms with Crippen LogP contribution in [0.2, 0.25) is 0 Å². The first-order valence-electron chi connectivity index (χ1n) is 11.3. The molecule has 0 radical (unpaired) electrons. The van der Waals surface area contributed by atoms with Gasteiger partial charge in [0.05, 0.1) is 0 Å². The standard InChI is InChI=1S/C24H42O3/c1-3-17-23(26)19-14-10-6-4-5-7-11-15-20-24(27)21-16-12-8-9-13-18-22(2)25/h15,20H,3-14,16-19,21H2,1-2H3. The molecule has 0 atom stereocenters. The number of Topliss-reactive ketones (excluding diaryl/α,β-unsaturated/α-hetero) is 2. The predicted molar refractivity (Wildman–Crippen MR) is 114 cm³/mol. The zero-order chi connectivity index (χ0) is 20.2. The summed E-state index contributed by atoms with van der Waals surface area (Å²) in [6, 6.07) is 0. The number of allylic oxidation sites excluding steroid dienone is 2. The molecule has 0 aliphatic carbocycles. The van der Waals surface area contributed by atoms with Gasteiger partial charge in [0.2, 0.25) is 0 Å². The highest BCUT2D eigenvalue weighted by Crippen LogP contribution is 2.11. The largest absolute Gasteiger partial charge is 0.300 e. The smallest absolute Gasteiger partial charge is 0.155 e. The SMILES string of the molecule is CCCC(=O)CCCCCCCCC=CC(=O)CCCCCCCC(C)=O.